The van der Waals surface area contributed by atoms with E-state index in [4.69, 9.17) is 9.84 Å². The van der Waals surface area contributed by atoms with Gasteiger partial charge in [-0.2, -0.15) is 0 Å². The Bertz CT molecular complexity index is 205. The summed E-state index contributed by atoms with van der Waals surface area (Å²) in [4.78, 5) is 2.26. The average Bonchev–Trinajstić information content (AvgIpc) is 2.36. The van der Waals surface area contributed by atoms with Crippen molar-refractivity contribution in [2.75, 3.05) is 26.8 Å². The minimum Gasteiger partial charge on any atom is -0.395 e. The molecule has 18 heavy (non-hydrogen) atoms. The Labute approximate surface area is 112 Å². The van der Waals surface area contributed by atoms with Crippen LogP contribution < -0.4 is 0 Å². The molecule has 2 N–H and O–H groups in total. The van der Waals surface area contributed by atoms with Gasteiger partial charge in [-0.15, -0.1) is 0 Å². The number of aliphatic hydroxyl groups is 2. The van der Waals surface area contributed by atoms with Gasteiger partial charge in [0.25, 0.3) is 0 Å². The van der Waals surface area contributed by atoms with Crippen LogP contribution in [0.2, 0.25) is 0 Å². The fourth-order valence-corrected chi connectivity index (χ4v) is 2.18. The Morgan fingerprint density at radius 3 is 2.11 bits per heavy atom. The van der Waals surface area contributed by atoms with Crippen molar-refractivity contribution in [3.63, 3.8) is 0 Å². The van der Waals surface area contributed by atoms with Crippen LogP contribution in [0.1, 0.15) is 47.0 Å². The molecule has 0 rings (SSSR count). The lowest BCUT2D eigenvalue weighted by molar-refractivity contribution is -0.0835. The summed E-state index contributed by atoms with van der Waals surface area (Å²) in [6, 6.07) is 0.481. The van der Waals surface area contributed by atoms with E-state index in [-0.39, 0.29) is 6.61 Å². The second-order valence-electron chi connectivity index (χ2n) is 5.34. The van der Waals surface area contributed by atoms with Crippen LogP contribution in [0, 0.1) is 0 Å². The molecular formula is C14H31NO3. The Balaban J connectivity index is 4.34. The van der Waals surface area contributed by atoms with Crippen molar-refractivity contribution < 1.29 is 14.9 Å². The van der Waals surface area contributed by atoms with Gasteiger partial charge in [-0.05, 0) is 33.1 Å². The van der Waals surface area contributed by atoms with Crippen LogP contribution in [0.3, 0.4) is 0 Å². The maximum absolute atomic E-state index is 10.1. The molecule has 1 atom stereocenters. The molecular weight excluding hydrogens is 230 g/mol. The smallest absolute Gasteiger partial charge is 0.0880 e. The fraction of sp³-hybridized carbons (Fsp3) is 1.00. The minimum absolute atomic E-state index is 0.167. The van der Waals surface area contributed by atoms with E-state index in [1.807, 2.05) is 13.8 Å². The van der Waals surface area contributed by atoms with Crippen molar-refractivity contribution in [2.45, 2.75) is 64.7 Å². The topological polar surface area (TPSA) is 52.9 Å². The first-order chi connectivity index (χ1) is 8.42. The molecule has 0 radical (unpaired) electrons. The molecule has 0 saturated heterocycles. The summed E-state index contributed by atoms with van der Waals surface area (Å²) in [5.74, 6) is 0. The maximum atomic E-state index is 10.1. The van der Waals surface area contributed by atoms with Gasteiger partial charge in [-0.1, -0.05) is 13.8 Å². The summed E-state index contributed by atoms with van der Waals surface area (Å²) < 4.78 is 5.29. The molecule has 0 aliphatic rings. The van der Waals surface area contributed by atoms with E-state index < -0.39 is 11.7 Å². The molecule has 0 aliphatic heterocycles. The van der Waals surface area contributed by atoms with Crippen LogP contribution >= 0.6 is 0 Å². The second kappa shape index (κ2) is 8.86. The molecule has 0 spiro atoms. The molecule has 0 amide bonds. The lowest BCUT2D eigenvalue weighted by Crippen LogP contribution is -2.43. The SMILES string of the molecule is CCC(CC)N(CCO)CCC(O)C(C)(C)OC. The first-order valence-corrected chi connectivity index (χ1v) is 7.01. The minimum atomic E-state index is -0.515. The van der Waals surface area contributed by atoms with Crippen LogP contribution in [0.4, 0.5) is 0 Å². The number of rotatable bonds is 10. The summed E-state index contributed by atoms with van der Waals surface area (Å²) in [6.45, 7) is 9.74. The number of nitrogens with zero attached hydrogens (tertiary/aromatic N) is 1. The van der Waals surface area contributed by atoms with Crippen LogP contribution in [0.25, 0.3) is 0 Å². The zero-order valence-electron chi connectivity index (χ0n) is 12.6. The van der Waals surface area contributed by atoms with E-state index in [2.05, 4.69) is 18.7 Å². The van der Waals surface area contributed by atoms with Gasteiger partial charge < -0.3 is 14.9 Å². The number of hydrogen-bond acceptors (Lipinski definition) is 4. The standard InChI is InChI=1S/C14H31NO3/c1-6-12(7-2)15(10-11-16)9-8-13(17)14(3,4)18-5/h12-13,16-17H,6-11H2,1-5H3. The normalized spacial score (nSPS) is 14.5. The van der Waals surface area contributed by atoms with Gasteiger partial charge in [0.15, 0.2) is 0 Å². The van der Waals surface area contributed by atoms with E-state index in [1.54, 1.807) is 7.11 Å². The summed E-state index contributed by atoms with van der Waals surface area (Å²) in [5, 5.41) is 19.2. The van der Waals surface area contributed by atoms with Crippen molar-refractivity contribution >= 4 is 0 Å². The zero-order chi connectivity index (χ0) is 14.2. The van der Waals surface area contributed by atoms with Crippen molar-refractivity contribution in [3.05, 3.63) is 0 Å². The van der Waals surface area contributed by atoms with Crippen molar-refractivity contribution in [3.8, 4) is 0 Å². The number of ether oxygens (including phenoxy) is 1. The third kappa shape index (κ3) is 5.65. The van der Waals surface area contributed by atoms with Gasteiger partial charge in [0.1, 0.15) is 0 Å². The molecule has 0 heterocycles. The van der Waals surface area contributed by atoms with Crippen molar-refractivity contribution in [1.29, 1.82) is 0 Å². The van der Waals surface area contributed by atoms with Gasteiger partial charge in [-0.25, -0.2) is 0 Å². The molecule has 0 aromatic heterocycles. The summed E-state index contributed by atoms with van der Waals surface area (Å²) in [7, 11) is 1.62. The first kappa shape index (κ1) is 17.8. The van der Waals surface area contributed by atoms with E-state index in [0.717, 1.165) is 19.4 Å². The average molecular weight is 261 g/mol. The predicted octanol–water partition coefficient (Wildman–Crippen LogP) is 1.65. The summed E-state index contributed by atoms with van der Waals surface area (Å²) >= 11 is 0. The molecule has 0 aromatic rings. The van der Waals surface area contributed by atoms with Crippen LogP contribution in [-0.4, -0.2) is 59.7 Å². The van der Waals surface area contributed by atoms with Gasteiger partial charge >= 0.3 is 0 Å². The lowest BCUT2D eigenvalue weighted by Gasteiger charge is -2.34. The Kier molecular flexibility index (Phi) is 8.78. The summed E-state index contributed by atoms with van der Waals surface area (Å²) in [6.07, 6.45) is 2.32. The van der Waals surface area contributed by atoms with Gasteiger partial charge in [0.2, 0.25) is 0 Å². The van der Waals surface area contributed by atoms with Gasteiger partial charge in [0, 0.05) is 26.2 Å². The number of hydrogen-bond donors (Lipinski definition) is 2. The Hall–Kier alpha value is -0.160. The molecule has 0 aromatic carbocycles. The molecule has 0 fully saturated rings. The van der Waals surface area contributed by atoms with Crippen LogP contribution in [0.15, 0.2) is 0 Å². The number of aliphatic hydroxyl groups excluding tert-OH is 2. The second-order valence-corrected chi connectivity index (χ2v) is 5.34. The number of methoxy groups -OCH3 is 1. The van der Waals surface area contributed by atoms with Crippen molar-refractivity contribution in [2.24, 2.45) is 0 Å². The zero-order valence-corrected chi connectivity index (χ0v) is 12.6. The van der Waals surface area contributed by atoms with Crippen LogP contribution in [0.5, 0.6) is 0 Å². The quantitative estimate of drug-likeness (QED) is 0.628. The van der Waals surface area contributed by atoms with E-state index in [9.17, 15) is 5.11 Å². The van der Waals surface area contributed by atoms with Crippen LogP contribution in [-0.2, 0) is 4.74 Å². The highest BCUT2D eigenvalue weighted by molar-refractivity contribution is 4.80. The van der Waals surface area contributed by atoms with E-state index in [1.165, 1.54) is 0 Å². The monoisotopic (exact) mass is 261 g/mol. The maximum Gasteiger partial charge on any atom is 0.0880 e. The van der Waals surface area contributed by atoms with E-state index in [0.29, 0.717) is 19.0 Å². The first-order valence-electron chi connectivity index (χ1n) is 7.01. The third-order valence-electron chi connectivity index (χ3n) is 3.86. The molecule has 110 valence electrons. The van der Waals surface area contributed by atoms with Gasteiger partial charge in [-0.3, -0.25) is 4.90 Å². The van der Waals surface area contributed by atoms with Crippen molar-refractivity contribution in [1.82, 2.24) is 4.90 Å². The third-order valence-corrected chi connectivity index (χ3v) is 3.86. The molecule has 4 nitrogen and oxygen atoms in total. The highest BCUT2D eigenvalue weighted by atomic mass is 16.5. The molecule has 4 heteroatoms. The largest absolute Gasteiger partial charge is 0.395 e. The summed E-state index contributed by atoms with van der Waals surface area (Å²) in [5.41, 5.74) is -0.515. The highest BCUT2D eigenvalue weighted by Crippen LogP contribution is 2.18. The lowest BCUT2D eigenvalue weighted by atomic mass is 9.98. The molecule has 0 aliphatic carbocycles. The molecule has 0 saturated carbocycles. The van der Waals surface area contributed by atoms with E-state index >= 15 is 0 Å². The predicted molar refractivity (Wildman–Crippen MR) is 74.7 cm³/mol. The Morgan fingerprint density at radius 1 is 1.17 bits per heavy atom. The highest BCUT2D eigenvalue weighted by Gasteiger charge is 2.28. The molecule has 1 unspecified atom stereocenters. The van der Waals surface area contributed by atoms with Gasteiger partial charge in [0.05, 0.1) is 18.3 Å². The molecule has 0 bridgehead atoms. The Morgan fingerprint density at radius 2 is 1.72 bits per heavy atom. The fourth-order valence-electron chi connectivity index (χ4n) is 2.18.